The van der Waals surface area contributed by atoms with Crippen molar-refractivity contribution in [3.05, 3.63) is 12.7 Å². The second-order valence-electron chi connectivity index (χ2n) is 4.08. The zero-order chi connectivity index (χ0) is 11.3. The molecule has 1 atom stereocenters. The maximum absolute atomic E-state index is 11.8. The highest BCUT2D eigenvalue weighted by Gasteiger charge is 2.41. The zero-order valence-electron chi connectivity index (χ0n) is 9.58. The SMILES string of the molecule is C=CCNC1(C(=O)OC)CCCN(C)C1. The summed E-state index contributed by atoms with van der Waals surface area (Å²) in [5, 5.41) is 3.23. The largest absolute Gasteiger partial charge is 0.468 e. The van der Waals surface area contributed by atoms with Crippen LogP contribution in [0.4, 0.5) is 0 Å². The van der Waals surface area contributed by atoms with Gasteiger partial charge in [0.05, 0.1) is 7.11 Å². The standard InChI is InChI=1S/C11H20N2O2/c1-4-7-12-11(10(14)15-3)6-5-8-13(2)9-11/h4,12H,1,5-9H2,2-3H3. The predicted molar refractivity (Wildman–Crippen MR) is 59.7 cm³/mol. The van der Waals surface area contributed by atoms with E-state index in [4.69, 9.17) is 4.74 Å². The Bertz CT molecular complexity index is 243. The lowest BCUT2D eigenvalue weighted by molar-refractivity contribution is -0.151. The molecule has 0 aromatic heterocycles. The van der Waals surface area contributed by atoms with E-state index < -0.39 is 5.54 Å². The van der Waals surface area contributed by atoms with Crippen LogP contribution in [0.3, 0.4) is 0 Å². The molecule has 0 amide bonds. The molecule has 0 saturated carbocycles. The van der Waals surface area contributed by atoms with E-state index in [9.17, 15) is 4.79 Å². The van der Waals surface area contributed by atoms with E-state index in [1.807, 2.05) is 7.05 Å². The molecule has 1 aliphatic heterocycles. The molecule has 0 spiro atoms. The highest BCUT2D eigenvalue weighted by molar-refractivity contribution is 5.81. The Morgan fingerprint density at radius 2 is 2.47 bits per heavy atom. The van der Waals surface area contributed by atoms with E-state index in [0.29, 0.717) is 13.1 Å². The fourth-order valence-corrected chi connectivity index (χ4v) is 2.12. The Kier molecular flexibility index (Phi) is 4.29. The molecule has 0 aromatic carbocycles. The number of methoxy groups -OCH3 is 1. The minimum absolute atomic E-state index is 0.170. The second-order valence-corrected chi connectivity index (χ2v) is 4.08. The summed E-state index contributed by atoms with van der Waals surface area (Å²) in [5.41, 5.74) is -0.546. The van der Waals surface area contributed by atoms with Gasteiger partial charge in [0.15, 0.2) is 0 Å². The Labute approximate surface area is 91.3 Å². The van der Waals surface area contributed by atoms with Crippen molar-refractivity contribution in [2.45, 2.75) is 18.4 Å². The number of nitrogens with one attached hydrogen (secondary N) is 1. The maximum Gasteiger partial charge on any atom is 0.327 e. The van der Waals surface area contributed by atoms with E-state index in [-0.39, 0.29) is 5.97 Å². The average Bonchev–Trinajstić information content (AvgIpc) is 2.25. The zero-order valence-corrected chi connectivity index (χ0v) is 9.58. The van der Waals surface area contributed by atoms with Gasteiger partial charge in [0.1, 0.15) is 5.54 Å². The molecule has 0 bridgehead atoms. The van der Waals surface area contributed by atoms with E-state index in [2.05, 4.69) is 16.8 Å². The molecule has 0 radical (unpaired) electrons. The topological polar surface area (TPSA) is 41.6 Å². The number of rotatable bonds is 4. The van der Waals surface area contributed by atoms with Crippen molar-refractivity contribution in [3.63, 3.8) is 0 Å². The third-order valence-electron chi connectivity index (χ3n) is 2.84. The molecule has 1 aliphatic rings. The number of piperidine rings is 1. The van der Waals surface area contributed by atoms with Crippen molar-refractivity contribution < 1.29 is 9.53 Å². The first-order chi connectivity index (χ1) is 7.14. The van der Waals surface area contributed by atoms with Crippen LogP contribution in [0.15, 0.2) is 12.7 Å². The van der Waals surface area contributed by atoms with Gasteiger partial charge in [0.2, 0.25) is 0 Å². The summed E-state index contributed by atoms with van der Waals surface area (Å²) < 4.78 is 4.88. The number of hydrogen-bond donors (Lipinski definition) is 1. The van der Waals surface area contributed by atoms with Crippen LogP contribution >= 0.6 is 0 Å². The van der Waals surface area contributed by atoms with E-state index in [1.54, 1.807) is 6.08 Å². The van der Waals surface area contributed by atoms with Crippen molar-refractivity contribution in [3.8, 4) is 0 Å². The van der Waals surface area contributed by atoms with Crippen molar-refractivity contribution >= 4 is 5.97 Å². The number of likely N-dealkylation sites (N-methyl/N-ethyl adjacent to an activating group) is 1. The number of esters is 1. The summed E-state index contributed by atoms with van der Waals surface area (Å²) in [5.74, 6) is -0.170. The van der Waals surface area contributed by atoms with Gasteiger partial charge in [-0.3, -0.25) is 10.1 Å². The molecule has 4 nitrogen and oxygen atoms in total. The van der Waals surface area contributed by atoms with Crippen LogP contribution in [0.5, 0.6) is 0 Å². The lowest BCUT2D eigenvalue weighted by Crippen LogP contribution is -2.61. The van der Waals surface area contributed by atoms with Gasteiger partial charge in [-0.1, -0.05) is 6.08 Å². The lowest BCUT2D eigenvalue weighted by Gasteiger charge is -2.39. The van der Waals surface area contributed by atoms with Gasteiger partial charge >= 0.3 is 5.97 Å². The summed E-state index contributed by atoms with van der Waals surface area (Å²) in [6.45, 7) is 6.02. The maximum atomic E-state index is 11.8. The molecule has 1 fully saturated rings. The third-order valence-corrected chi connectivity index (χ3v) is 2.84. The van der Waals surface area contributed by atoms with Gasteiger partial charge in [-0.2, -0.15) is 0 Å². The fraction of sp³-hybridized carbons (Fsp3) is 0.727. The minimum atomic E-state index is -0.546. The Balaban J connectivity index is 2.74. The number of carbonyl (C=O) groups is 1. The van der Waals surface area contributed by atoms with Gasteiger partial charge in [0.25, 0.3) is 0 Å². The minimum Gasteiger partial charge on any atom is -0.468 e. The molecule has 1 saturated heterocycles. The number of hydrogen-bond acceptors (Lipinski definition) is 4. The van der Waals surface area contributed by atoms with Crippen LogP contribution < -0.4 is 5.32 Å². The lowest BCUT2D eigenvalue weighted by atomic mass is 9.89. The second kappa shape index (κ2) is 5.28. The average molecular weight is 212 g/mol. The summed E-state index contributed by atoms with van der Waals surface area (Å²) >= 11 is 0. The first-order valence-corrected chi connectivity index (χ1v) is 5.27. The summed E-state index contributed by atoms with van der Waals surface area (Å²) in [4.78, 5) is 13.9. The first kappa shape index (κ1) is 12.2. The monoisotopic (exact) mass is 212 g/mol. The summed E-state index contributed by atoms with van der Waals surface area (Å²) in [6.07, 6.45) is 3.60. The number of likely N-dealkylation sites (tertiary alicyclic amines) is 1. The molecule has 1 heterocycles. The first-order valence-electron chi connectivity index (χ1n) is 5.27. The molecule has 4 heteroatoms. The van der Waals surface area contributed by atoms with Crippen LogP contribution in [0.1, 0.15) is 12.8 Å². The fourth-order valence-electron chi connectivity index (χ4n) is 2.12. The normalized spacial score (nSPS) is 27.3. The molecule has 0 aliphatic carbocycles. The van der Waals surface area contributed by atoms with Crippen LogP contribution in [-0.2, 0) is 9.53 Å². The van der Waals surface area contributed by atoms with E-state index >= 15 is 0 Å². The van der Waals surface area contributed by atoms with Crippen LogP contribution in [0.25, 0.3) is 0 Å². The number of ether oxygens (including phenoxy) is 1. The third kappa shape index (κ3) is 2.79. The van der Waals surface area contributed by atoms with Crippen molar-refractivity contribution in [1.82, 2.24) is 10.2 Å². The van der Waals surface area contributed by atoms with Crippen LogP contribution in [0.2, 0.25) is 0 Å². The van der Waals surface area contributed by atoms with Gasteiger partial charge < -0.3 is 9.64 Å². The molecular formula is C11H20N2O2. The van der Waals surface area contributed by atoms with Crippen molar-refractivity contribution in [1.29, 1.82) is 0 Å². The van der Waals surface area contributed by atoms with Crippen molar-refractivity contribution in [2.75, 3.05) is 33.8 Å². The van der Waals surface area contributed by atoms with Gasteiger partial charge in [-0.05, 0) is 26.4 Å². The quantitative estimate of drug-likeness (QED) is 0.541. The molecule has 1 unspecified atom stereocenters. The Morgan fingerprint density at radius 3 is 3.00 bits per heavy atom. The predicted octanol–water partition coefficient (Wildman–Crippen LogP) is 0.399. The molecule has 1 rings (SSSR count). The molecular weight excluding hydrogens is 192 g/mol. The summed E-state index contributed by atoms with van der Waals surface area (Å²) in [6, 6.07) is 0. The molecule has 86 valence electrons. The van der Waals surface area contributed by atoms with Crippen molar-refractivity contribution in [2.24, 2.45) is 0 Å². The molecule has 15 heavy (non-hydrogen) atoms. The van der Waals surface area contributed by atoms with Gasteiger partial charge in [0, 0.05) is 13.1 Å². The van der Waals surface area contributed by atoms with Crippen LogP contribution in [0, 0.1) is 0 Å². The summed E-state index contributed by atoms with van der Waals surface area (Å²) in [7, 11) is 3.46. The van der Waals surface area contributed by atoms with Gasteiger partial charge in [-0.25, -0.2) is 0 Å². The van der Waals surface area contributed by atoms with Gasteiger partial charge in [-0.15, -0.1) is 6.58 Å². The van der Waals surface area contributed by atoms with Crippen LogP contribution in [-0.4, -0.2) is 50.2 Å². The molecule has 0 aromatic rings. The Hall–Kier alpha value is -0.870. The smallest absolute Gasteiger partial charge is 0.327 e. The molecule has 1 N–H and O–H groups in total. The highest BCUT2D eigenvalue weighted by Crippen LogP contribution is 2.21. The number of carbonyl (C=O) groups excluding carboxylic acids is 1. The Morgan fingerprint density at radius 1 is 1.73 bits per heavy atom. The highest BCUT2D eigenvalue weighted by atomic mass is 16.5. The number of nitrogens with zero attached hydrogens (tertiary/aromatic N) is 1. The van der Waals surface area contributed by atoms with E-state index in [1.165, 1.54) is 7.11 Å². The van der Waals surface area contributed by atoms with E-state index in [0.717, 1.165) is 19.4 Å².